The minimum absolute atomic E-state index is 0.184. The minimum Gasteiger partial charge on any atom is -0.353 e. The Morgan fingerprint density at radius 3 is 2.40 bits per heavy atom. The van der Waals surface area contributed by atoms with E-state index in [-0.39, 0.29) is 5.41 Å². The van der Waals surface area contributed by atoms with Crippen LogP contribution in [-0.2, 0) is 5.41 Å². The van der Waals surface area contributed by atoms with Crippen molar-refractivity contribution in [3.8, 4) is 0 Å². The van der Waals surface area contributed by atoms with E-state index in [0.717, 1.165) is 38.0 Å². The zero-order valence-corrected chi connectivity index (χ0v) is 12.9. The van der Waals surface area contributed by atoms with Crippen molar-refractivity contribution in [2.24, 2.45) is 0 Å². The van der Waals surface area contributed by atoms with E-state index in [2.05, 4.69) is 53.0 Å². The second-order valence-corrected chi connectivity index (χ2v) is 7.00. The Morgan fingerprint density at radius 1 is 1.15 bits per heavy atom. The summed E-state index contributed by atoms with van der Waals surface area (Å²) in [6, 6.07) is 5.12. The third-order valence-electron chi connectivity index (χ3n) is 4.47. The van der Waals surface area contributed by atoms with E-state index >= 15 is 0 Å². The van der Waals surface area contributed by atoms with Gasteiger partial charge in [0.1, 0.15) is 5.82 Å². The molecular weight excluding hydrogens is 248 g/mol. The highest BCUT2D eigenvalue weighted by atomic mass is 15.3. The van der Waals surface area contributed by atoms with E-state index in [1.807, 2.05) is 6.20 Å². The van der Waals surface area contributed by atoms with Crippen LogP contribution in [0.1, 0.15) is 26.3 Å². The maximum Gasteiger partial charge on any atom is 0.128 e. The zero-order chi connectivity index (χ0) is 14.2. The maximum absolute atomic E-state index is 4.64. The van der Waals surface area contributed by atoms with Crippen LogP contribution in [0.3, 0.4) is 0 Å². The first-order chi connectivity index (χ1) is 9.54. The number of rotatable bonds is 2. The van der Waals surface area contributed by atoms with E-state index < -0.39 is 0 Å². The summed E-state index contributed by atoms with van der Waals surface area (Å²) in [5.41, 5.74) is 1.49. The molecule has 2 aliphatic rings. The molecule has 2 saturated heterocycles. The summed E-state index contributed by atoms with van der Waals surface area (Å²) >= 11 is 0. The van der Waals surface area contributed by atoms with Gasteiger partial charge in [0.05, 0.1) is 0 Å². The molecule has 0 aromatic carbocycles. The molecule has 4 heteroatoms. The van der Waals surface area contributed by atoms with Gasteiger partial charge in [-0.15, -0.1) is 0 Å². The number of nitrogens with one attached hydrogen (secondary N) is 1. The van der Waals surface area contributed by atoms with Crippen molar-refractivity contribution in [2.45, 2.75) is 32.2 Å². The van der Waals surface area contributed by atoms with Crippen LogP contribution in [0.5, 0.6) is 0 Å². The molecule has 0 radical (unpaired) electrons. The monoisotopic (exact) mass is 274 g/mol. The molecule has 0 amide bonds. The Labute approximate surface area is 122 Å². The van der Waals surface area contributed by atoms with Crippen LogP contribution in [0.25, 0.3) is 0 Å². The molecule has 3 heterocycles. The Bertz CT molecular complexity index is 437. The molecular formula is C16H26N4. The number of hydrogen-bond acceptors (Lipinski definition) is 4. The van der Waals surface area contributed by atoms with Crippen LogP contribution in [0.4, 0.5) is 5.82 Å². The number of aromatic nitrogens is 1. The predicted molar refractivity (Wildman–Crippen MR) is 83.4 cm³/mol. The van der Waals surface area contributed by atoms with Crippen LogP contribution in [0, 0.1) is 0 Å². The molecule has 0 unspecified atom stereocenters. The van der Waals surface area contributed by atoms with Crippen molar-refractivity contribution >= 4 is 5.82 Å². The highest BCUT2D eigenvalue weighted by molar-refractivity contribution is 5.44. The van der Waals surface area contributed by atoms with Crippen LogP contribution in [0.2, 0.25) is 0 Å². The van der Waals surface area contributed by atoms with E-state index in [9.17, 15) is 0 Å². The molecule has 1 aromatic rings. The quantitative estimate of drug-likeness (QED) is 0.885. The summed E-state index contributed by atoms with van der Waals surface area (Å²) in [6.45, 7) is 13.6. The molecule has 2 aliphatic heterocycles. The highest BCUT2D eigenvalue weighted by Crippen LogP contribution is 2.26. The molecule has 2 fully saturated rings. The summed E-state index contributed by atoms with van der Waals surface area (Å²) < 4.78 is 0. The van der Waals surface area contributed by atoms with Crippen molar-refractivity contribution in [3.63, 3.8) is 0 Å². The molecule has 4 nitrogen and oxygen atoms in total. The van der Waals surface area contributed by atoms with Crippen molar-refractivity contribution in [3.05, 3.63) is 23.9 Å². The summed E-state index contributed by atoms with van der Waals surface area (Å²) in [5.74, 6) is 1.13. The largest absolute Gasteiger partial charge is 0.353 e. The van der Waals surface area contributed by atoms with Gasteiger partial charge in [-0.05, 0) is 17.0 Å². The van der Waals surface area contributed by atoms with E-state index in [0.29, 0.717) is 0 Å². The van der Waals surface area contributed by atoms with Crippen molar-refractivity contribution in [1.82, 2.24) is 15.2 Å². The molecule has 1 aromatic heterocycles. The Morgan fingerprint density at radius 2 is 1.85 bits per heavy atom. The summed E-state index contributed by atoms with van der Waals surface area (Å²) in [5, 5.41) is 3.41. The lowest BCUT2D eigenvalue weighted by Gasteiger charge is -2.47. The normalized spacial score (nSPS) is 21.9. The molecule has 20 heavy (non-hydrogen) atoms. The molecule has 0 saturated carbocycles. The van der Waals surface area contributed by atoms with Crippen LogP contribution in [0.15, 0.2) is 18.3 Å². The Hall–Kier alpha value is -1.13. The smallest absolute Gasteiger partial charge is 0.128 e. The van der Waals surface area contributed by atoms with E-state index in [4.69, 9.17) is 0 Å². The molecule has 0 atom stereocenters. The number of pyridine rings is 1. The molecule has 0 bridgehead atoms. The third-order valence-corrected chi connectivity index (χ3v) is 4.47. The highest BCUT2D eigenvalue weighted by Gasteiger charge is 2.33. The third kappa shape index (κ3) is 2.81. The number of piperazine rings is 1. The van der Waals surface area contributed by atoms with Crippen LogP contribution < -0.4 is 10.2 Å². The molecule has 0 spiro atoms. The van der Waals surface area contributed by atoms with Crippen molar-refractivity contribution < 1.29 is 0 Å². The van der Waals surface area contributed by atoms with Gasteiger partial charge in [-0.3, -0.25) is 4.90 Å². The van der Waals surface area contributed by atoms with Crippen LogP contribution in [-0.4, -0.2) is 55.2 Å². The van der Waals surface area contributed by atoms with Gasteiger partial charge in [-0.2, -0.15) is 0 Å². The first kappa shape index (κ1) is 13.8. The Balaban J connectivity index is 1.57. The fraction of sp³-hybridized carbons (Fsp3) is 0.688. The van der Waals surface area contributed by atoms with Crippen LogP contribution >= 0.6 is 0 Å². The number of nitrogens with zero attached hydrogens (tertiary/aromatic N) is 3. The van der Waals surface area contributed by atoms with Gasteiger partial charge in [-0.25, -0.2) is 4.98 Å². The average molecular weight is 274 g/mol. The fourth-order valence-electron chi connectivity index (χ4n) is 2.94. The molecule has 0 aliphatic carbocycles. The lowest BCUT2D eigenvalue weighted by Crippen LogP contribution is -2.63. The number of hydrogen-bond donors (Lipinski definition) is 1. The van der Waals surface area contributed by atoms with Crippen molar-refractivity contribution in [1.29, 1.82) is 0 Å². The standard InChI is InChI=1S/C16H26N4/c1-16(2,3)13-4-5-15(18-10-13)20-11-14(12-20)19-8-6-17-7-9-19/h4-5,10,14,17H,6-9,11-12H2,1-3H3. The van der Waals surface area contributed by atoms with Gasteiger partial charge in [0.15, 0.2) is 0 Å². The molecule has 1 N–H and O–H groups in total. The van der Waals surface area contributed by atoms with Gasteiger partial charge in [0, 0.05) is 51.5 Å². The fourth-order valence-corrected chi connectivity index (χ4v) is 2.94. The molecule has 110 valence electrons. The second-order valence-electron chi connectivity index (χ2n) is 7.00. The lowest BCUT2D eigenvalue weighted by atomic mass is 9.88. The lowest BCUT2D eigenvalue weighted by molar-refractivity contribution is 0.147. The average Bonchev–Trinajstić information content (AvgIpc) is 2.38. The first-order valence-corrected chi connectivity index (χ1v) is 7.70. The number of anilines is 1. The first-order valence-electron chi connectivity index (χ1n) is 7.70. The Kier molecular flexibility index (Phi) is 3.69. The van der Waals surface area contributed by atoms with Crippen molar-refractivity contribution in [2.75, 3.05) is 44.2 Å². The van der Waals surface area contributed by atoms with Gasteiger partial charge >= 0.3 is 0 Å². The second kappa shape index (κ2) is 5.34. The summed E-state index contributed by atoms with van der Waals surface area (Å²) in [4.78, 5) is 9.64. The van der Waals surface area contributed by atoms with Gasteiger partial charge < -0.3 is 10.2 Å². The van der Waals surface area contributed by atoms with E-state index in [1.165, 1.54) is 18.7 Å². The van der Waals surface area contributed by atoms with Gasteiger partial charge in [0.2, 0.25) is 0 Å². The zero-order valence-electron chi connectivity index (χ0n) is 12.9. The topological polar surface area (TPSA) is 31.4 Å². The SMILES string of the molecule is CC(C)(C)c1ccc(N2CC(N3CCNCC3)C2)nc1. The summed E-state index contributed by atoms with van der Waals surface area (Å²) in [6.07, 6.45) is 2.04. The van der Waals surface area contributed by atoms with E-state index in [1.54, 1.807) is 0 Å². The predicted octanol–water partition coefficient (Wildman–Crippen LogP) is 1.47. The minimum atomic E-state index is 0.184. The maximum atomic E-state index is 4.64. The van der Waals surface area contributed by atoms with Gasteiger partial charge in [-0.1, -0.05) is 26.8 Å². The molecule has 3 rings (SSSR count). The van der Waals surface area contributed by atoms with Gasteiger partial charge in [0.25, 0.3) is 0 Å². The summed E-state index contributed by atoms with van der Waals surface area (Å²) in [7, 11) is 0.